The zero-order chi connectivity index (χ0) is 19.5. The van der Waals surface area contributed by atoms with Crippen molar-refractivity contribution in [1.29, 1.82) is 0 Å². The van der Waals surface area contributed by atoms with Crippen LogP contribution in [0.3, 0.4) is 0 Å². The second-order valence-corrected chi connectivity index (χ2v) is 7.79. The lowest BCUT2D eigenvalue weighted by atomic mass is 9.98. The van der Waals surface area contributed by atoms with Crippen LogP contribution in [0, 0.1) is 0 Å². The Bertz CT molecular complexity index is 907. The van der Waals surface area contributed by atoms with E-state index in [1.807, 2.05) is 29.6 Å². The van der Waals surface area contributed by atoms with Gasteiger partial charge in [-0.3, -0.25) is 0 Å². The van der Waals surface area contributed by atoms with Crippen LogP contribution in [0.25, 0.3) is 0 Å². The minimum Gasteiger partial charge on any atom is -0.463 e. The highest BCUT2D eigenvalue weighted by molar-refractivity contribution is 7.10. The first kappa shape index (κ1) is 18.6. The maximum atomic E-state index is 12.8. The number of ether oxygens (including phenoxy) is 1. The SMILES string of the molecule is CCOC(=O)C1=C(CN2CCCc3ccccc32)NC(=O)N[C@@H]1c1cccs1. The smallest absolute Gasteiger partial charge is 0.338 e. The maximum absolute atomic E-state index is 12.8. The molecule has 2 aliphatic heterocycles. The summed E-state index contributed by atoms with van der Waals surface area (Å²) < 4.78 is 5.33. The number of para-hydroxylation sites is 1. The largest absolute Gasteiger partial charge is 0.463 e. The van der Waals surface area contributed by atoms with E-state index < -0.39 is 12.0 Å². The summed E-state index contributed by atoms with van der Waals surface area (Å²) in [7, 11) is 0. The van der Waals surface area contributed by atoms with Crippen molar-refractivity contribution in [1.82, 2.24) is 10.6 Å². The molecular formula is C21H23N3O3S. The van der Waals surface area contributed by atoms with Crippen molar-refractivity contribution in [3.8, 4) is 0 Å². The van der Waals surface area contributed by atoms with Crippen LogP contribution in [0.5, 0.6) is 0 Å². The first-order chi connectivity index (χ1) is 13.7. The average molecular weight is 398 g/mol. The lowest BCUT2D eigenvalue weighted by Crippen LogP contribution is -2.48. The number of amides is 2. The molecule has 0 radical (unpaired) electrons. The third-order valence-electron chi connectivity index (χ3n) is 5.03. The number of urea groups is 1. The van der Waals surface area contributed by atoms with E-state index in [2.05, 4.69) is 27.7 Å². The van der Waals surface area contributed by atoms with Gasteiger partial charge in [0.2, 0.25) is 0 Å². The Morgan fingerprint density at radius 1 is 1.29 bits per heavy atom. The van der Waals surface area contributed by atoms with Crippen LogP contribution in [-0.4, -0.2) is 31.7 Å². The molecule has 1 aromatic heterocycles. The fourth-order valence-electron chi connectivity index (χ4n) is 3.83. The first-order valence-corrected chi connectivity index (χ1v) is 10.4. The molecule has 0 fully saturated rings. The normalized spacial score (nSPS) is 19.0. The second kappa shape index (κ2) is 8.06. The van der Waals surface area contributed by atoms with E-state index in [1.54, 1.807) is 6.92 Å². The van der Waals surface area contributed by atoms with Crippen LogP contribution in [0.2, 0.25) is 0 Å². The number of nitrogens with one attached hydrogen (secondary N) is 2. The Labute approximate surface area is 168 Å². The lowest BCUT2D eigenvalue weighted by Gasteiger charge is -2.35. The molecule has 2 aliphatic rings. The van der Waals surface area contributed by atoms with Crippen molar-refractivity contribution in [3.05, 3.63) is 63.5 Å². The summed E-state index contributed by atoms with van der Waals surface area (Å²) in [4.78, 5) is 28.3. The summed E-state index contributed by atoms with van der Waals surface area (Å²) in [5.41, 5.74) is 3.54. The number of nitrogens with zero attached hydrogens (tertiary/aromatic N) is 1. The molecule has 0 unspecified atom stereocenters. The number of hydrogen-bond acceptors (Lipinski definition) is 5. The minimum atomic E-state index is -0.497. The van der Waals surface area contributed by atoms with E-state index in [-0.39, 0.29) is 12.6 Å². The monoisotopic (exact) mass is 397 g/mol. The van der Waals surface area contributed by atoms with E-state index in [4.69, 9.17) is 4.74 Å². The highest BCUT2D eigenvalue weighted by Gasteiger charge is 2.35. The molecule has 28 heavy (non-hydrogen) atoms. The Balaban J connectivity index is 1.73. The molecule has 2 amide bonds. The summed E-state index contributed by atoms with van der Waals surface area (Å²) in [5, 5.41) is 7.68. The predicted molar refractivity (Wildman–Crippen MR) is 109 cm³/mol. The fourth-order valence-corrected chi connectivity index (χ4v) is 4.61. The molecule has 0 bridgehead atoms. The second-order valence-electron chi connectivity index (χ2n) is 6.81. The molecule has 1 aromatic carbocycles. The number of rotatable bonds is 5. The Kier molecular flexibility index (Phi) is 5.34. The molecule has 146 valence electrons. The summed E-state index contributed by atoms with van der Waals surface area (Å²) in [6, 6.07) is 11.3. The van der Waals surface area contributed by atoms with Gasteiger partial charge < -0.3 is 20.3 Å². The molecule has 4 rings (SSSR count). The van der Waals surface area contributed by atoms with Gasteiger partial charge in [0, 0.05) is 17.1 Å². The number of carbonyl (C=O) groups excluding carboxylic acids is 2. The summed E-state index contributed by atoms with van der Waals surface area (Å²) in [6.07, 6.45) is 2.09. The first-order valence-electron chi connectivity index (χ1n) is 9.51. The molecule has 0 spiro atoms. The minimum absolute atomic E-state index is 0.285. The average Bonchev–Trinajstić information content (AvgIpc) is 3.23. The third-order valence-corrected chi connectivity index (χ3v) is 5.97. The molecule has 2 aromatic rings. The predicted octanol–water partition coefficient (Wildman–Crippen LogP) is 3.37. The van der Waals surface area contributed by atoms with Crippen molar-refractivity contribution in [2.75, 3.05) is 24.6 Å². The fraction of sp³-hybridized carbons (Fsp3) is 0.333. The molecule has 0 saturated heterocycles. The number of benzene rings is 1. The number of aryl methyl sites for hydroxylation is 1. The van der Waals surface area contributed by atoms with Crippen molar-refractivity contribution >= 4 is 29.0 Å². The maximum Gasteiger partial charge on any atom is 0.338 e. The number of fused-ring (bicyclic) bond motifs is 1. The third kappa shape index (κ3) is 3.62. The van der Waals surface area contributed by atoms with Crippen LogP contribution in [0.1, 0.15) is 29.8 Å². The van der Waals surface area contributed by atoms with Crippen LogP contribution >= 0.6 is 11.3 Å². The van der Waals surface area contributed by atoms with Crippen molar-refractivity contribution in [2.24, 2.45) is 0 Å². The van der Waals surface area contributed by atoms with Gasteiger partial charge in [-0.25, -0.2) is 9.59 Å². The Morgan fingerprint density at radius 2 is 2.14 bits per heavy atom. The standard InChI is InChI=1S/C21H23N3O3S/c1-2-27-20(25)18-15(22-21(26)23-19(18)17-10-6-12-28-17)13-24-11-5-8-14-7-3-4-9-16(14)24/h3-4,6-7,9-10,12,19H,2,5,8,11,13H2,1H3,(H2,22,23,26)/t19-/m1/s1. The molecule has 6 nitrogen and oxygen atoms in total. The Hall–Kier alpha value is -2.80. The number of hydrogen-bond donors (Lipinski definition) is 2. The molecular weight excluding hydrogens is 374 g/mol. The van der Waals surface area contributed by atoms with Gasteiger partial charge in [0.05, 0.1) is 30.5 Å². The Morgan fingerprint density at radius 3 is 2.93 bits per heavy atom. The van der Waals surface area contributed by atoms with Crippen molar-refractivity contribution in [3.63, 3.8) is 0 Å². The van der Waals surface area contributed by atoms with Gasteiger partial charge in [0.25, 0.3) is 0 Å². The van der Waals surface area contributed by atoms with E-state index in [0.29, 0.717) is 17.8 Å². The quantitative estimate of drug-likeness (QED) is 0.759. The van der Waals surface area contributed by atoms with Crippen molar-refractivity contribution in [2.45, 2.75) is 25.8 Å². The van der Waals surface area contributed by atoms with Crippen LogP contribution in [0.4, 0.5) is 10.5 Å². The number of carbonyl (C=O) groups is 2. The molecule has 7 heteroatoms. The van der Waals surface area contributed by atoms with Crippen LogP contribution in [0.15, 0.2) is 53.0 Å². The number of esters is 1. The number of anilines is 1. The summed E-state index contributed by atoms with van der Waals surface area (Å²) >= 11 is 1.51. The number of thiophene rings is 1. The summed E-state index contributed by atoms with van der Waals surface area (Å²) in [6.45, 7) is 3.41. The zero-order valence-electron chi connectivity index (χ0n) is 15.7. The van der Waals surface area contributed by atoms with E-state index in [0.717, 1.165) is 30.0 Å². The lowest BCUT2D eigenvalue weighted by molar-refractivity contribution is -0.139. The molecule has 3 heterocycles. The van der Waals surface area contributed by atoms with Crippen molar-refractivity contribution < 1.29 is 14.3 Å². The van der Waals surface area contributed by atoms with Crippen LogP contribution in [-0.2, 0) is 16.0 Å². The molecule has 2 N–H and O–H groups in total. The van der Waals surface area contributed by atoms with Gasteiger partial charge in [0.15, 0.2) is 0 Å². The zero-order valence-corrected chi connectivity index (χ0v) is 16.6. The molecule has 0 aliphatic carbocycles. The highest BCUT2D eigenvalue weighted by Crippen LogP contribution is 2.33. The van der Waals surface area contributed by atoms with Gasteiger partial charge in [-0.1, -0.05) is 24.3 Å². The van der Waals surface area contributed by atoms with Gasteiger partial charge in [0.1, 0.15) is 0 Å². The van der Waals surface area contributed by atoms with Gasteiger partial charge in [-0.15, -0.1) is 11.3 Å². The van der Waals surface area contributed by atoms with Gasteiger partial charge >= 0.3 is 12.0 Å². The van der Waals surface area contributed by atoms with E-state index >= 15 is 0 Å². The van der Waals surface area contributed by atoms with E-state index in [1.165, 1.54) is 16.9 Å². The van der Waals surface area contributed by atoms with Gasteiger partial charge in [-0.05, 0) is 42.8 Å². The topological polar surface area (TPSA) is 70.7 Å². The molecule has 1 atom stereocenters. The van der Waals surface area contributed by atoms with Gasteiger partial charge in [-0.2, -0.15) is 0 Å². The molecule has 0 saturated carbocycles. The summed E-state index contributed by atoms with van der Waals surface area (Å²) in [5.74, 6) is -0.395. The van der Waals surface area contributed by atoms with E-state index in [9.17, 15) is 9.59 Å². The van der Waals surface area contributed by atoms with Crippen LogP contribution < -0.4 is 15.5 Å². The highest BCUT2D eigenvalue weighted by atomic mass is 32.1.